The van der Waals surface area contributed by atoms with Crippen LogP contribution in [0.25, 0.3) is 0 Å². The van der Waals surface area contributed by atoms with E-state index in [0.29, 0.717) is 12.8 Å². The van der Waals surface area contributed by atoms with Crippen LogP contribution in [0.5, 0.6) is 0 Å². The maximum Gasteiger partial charge on any atom is 0.306 e. The van der Waals surface area contributed by atoms with Gasteiger partial charge in [0.25, 0.3) is 0 Å². The van der Waals surface area contributed by atoms with E-state index in [1.54, 1.807) is 0 Å². The summed E-state index contributed by atoms with van der Waals surface area (Å²) in [7, 11) is 0. The number of aliphatic hydroxyl groups is 1. The molecule has 0 aliphatic heterocycles. The van der Waals surface area contributed by atoms with Gasteiger partial charge in [-0.15, -0.1) is 0 Å². The quantitative estimate of drug-likeness (QED) is 0.0374. The standard InChI is InChI=1S/C63H106O5/c1-3-5-7-9-11-13-15-17-19-21-23-24-25-26-27-28-29-30-31-32-33-34-35-36-37-38-40-42-44-46-48-50-52-54-56-58-63(66)68-61(59-64)60-67-62(65)57-55-53-51-49-47-45-43-41-39-22-20-18-16-14-12-10-8-6-4-2/h5,7,11-14,17-20,23-24,26-27,29-30,39,41,61,64H,3-4,6,8-10,15-16,21-22,25,28,31-38,40,42-60H2,1-2H3/b7-5-,13-11-,14-12-,19-17-,20-18-,24-23-,27-26-,30-29-,41-39-. The van der Waals surface area contributed by atoms with Crippen molar-refractivity contribution in [1.82, 2.24) is 0 Å². The first-order valence-electron chi connectivity index (χ1n) is 28.4. The molecule has 1 N–H and O–H groups in total. The predicted octanol–water partition coefficient (Wildman–Crippen LogP) is 19.3. The van der Waals surface area contributed by atoms with Crippen LogP contribution >= 0.6 is 0 Å². The summed E-state index contributed by atoms with van der Waals surface area (Å²) in [6, 6.07) is 0. The van der Waals surface area contributed by atoms with Crippen LogP contribution in [0.2, 0.25) is 0 Å². The molecular formula is C63H106O5. The van der Waals surface area contributed by atoms with E-state index in [2.05, 4.69) is 123 Å². The van der Waals surface area contributed by atoms with Crippen molar-refractivity contribution in [3.63, 3.8) is 0 Å². The van der Waals surface area contributed by atoms with Crippen molar-refractivity contribution >= 4 is 11.9 Å². The fourth-order valence-corrected chi connectivity index (χ4v) is 7.80. The number of unbranched alkanes of at least 4 members (excludes halogenated alkanes) is 25. The lowest BCUT2D eigenvalue weighted by Gasteiger charge is -2.15. The molecule has 0 heterocycles. The minimum absolute atomic E-state index is 0.0760. The van der Waals surface area contributed by atoms with E-state index in [9.17, 15) is 14.7 Å². The van der Waals surface area contributed by atoms with E-state index in [-0.39, 0.29) is 25.2 Å². The fourth-order valence-electron chi connectivity index (χ4n) is 7.80. The van der Waals surface area contributed by atoms with E-state index < -0.39 is 6.10 Å². The molecule has 1 unspecified atom stereocenters. The molecule has 0 fully saturated rings. The number of esters is 2. The zero-order chi connectivity index (χ0) is 49.2. The Morgan fingerprint density at radius 2 is 0.632 bits per heavy atom. The number of carbonyl (C=O) groups is 2. The van der Waals surface area contributed by atoms with Gasteiger partial charge < -0.3 is 14.6 Å². The first kappa shape index (κ1) is 64.6. The number of ether oxygens (including phenoxy) is 2. The third kappa shape index (κ3) is 55.2. The molecule has 0 saturated heterocycles. The van der Waals surface area contributed by atoms with Gasteiger partial charge in [0.1, 0.15) is 6.61 Å². The van der Waals surface area contributed by atoms with Crippen LogP contribution in [0, 0.1) is 0 Å². The summed E-state index contributed by atoms with van der Waals surface area (Å²) in [5.41, 5.74) is 0. The lowest BCUT2D eigenvalue weighted by molar-refractivity contribution is -0.161. The van der Waals surface area contributed by atoms with Crippen LogP contribution in [0.1, 0.15) is 258 Å². The van der Waals surface area contributed by atoms with E-state index in [0.717, 1.165) is 96.3 Å². The molecule has 0 aromatic carbocycles. The fraction of sp³-hybridized carbons (Fsp3) is 0.683. The van der Waals surface area contributed by atoms with Crippen molar-refractivity contribution in [1.29, 1.82) is 0 Å². The molecule has 0 bridgehead atoms. The Kier molecular flexibility index (Phi) is 54.9. The van der Waals surface area contributed by atoms with E-state index in [4.69, 9.17) is 9.47 Å². The molecular weight excluding hydrogens is 837 g/mol. The second-order valence-electron chi connectivity index (χ2n) is 18.6. The molecule has 0 aromatic rings. The molecule has 0 aliphatic carbocycles. The average molecular weight is 944 g/mol. The number of allylic oxidation sites excluding steroid dienone is 18. The average Bonchev–Trinajstić information content (AvgIpc) is 3.34. The highest BCUT2D eigenvalue weighted by molar-refractivity contribution is 5.70. The van der Waals surface area contributed by atoms with Crippen molar-refractivity contribution in [2.45, 2.75) is 264 Å². The van der Waals surface area contributed by atoms with E-state index in [1.807, 2.05) is 0 Å². The number of hydrogen-bond donors (Lipinski definition) is 1. The zero-order valence-corrected chi connectivity index (χ0v) is 44.3. The Morgan fingerprint density at radius 3 is 0.956 bits per heavy atom. The number of aliphatic hydroxyl groups excluding tert-OH is 1. The Hall–Kier alpha value is -3.44. The summed E-state index contributed by atoms with van der Waals surface area (Å²) in [6.07, 6.45) is 83.4. The summed E-state index contributed by atoms with van der Waals surface area (Å²) in [4.78, 5) is 24.5. The minimum Gasteiger partial charge on any atom is -0.462 e. The van der Waals surface area contributed by atoms with Gasteiger partial charge in [0, 0.05) is 12.8 Å². The first-order valence-corrected chi connectivity index (χ1v) is 28.4. The number of rotatable bonds is 51. The van der Waals surface area contributed by atoms with Crippen molar-refractivity contribution in [3.05, 3.63) is 109 Å². The molecule has 5 heteroatoms. The topological polar surface area (TPSA) is 72.8 Å². The zero-order valence-electron chi connectivity index (χ0n) is 44.3. The molecule has 0 spiro atoms. The van der Waals surface area contributed by atoms with Crippen LogP contribution in [-0.4, -0.2) is 36.4 Å². The Balaban J connectivity index is 3.51. The van der Waals surface area contributed by atoms with Crippen LogP contribution in [-0.2, 0) is 19.1 Å². The Labute approximate surface area is 421 Å². The highest BCUT2D eigenvalue weighted by Crippen LogP contribution is 2.16. The normalized spacial score (nSPS) is 13.0. The predicted molar refractivity (Wildman–Crippen MR) is 297 cm³/mol. The van der Waals surface area contributed by atoms with Crippen LogP contribution in [0.3, 0.4) is 0 Å². The van der Waals surface area contributed by atoms with Gasteiger partial charge in [-0.2, -0.15) is 0 Å². The van der Waals surface area contributed by atoms with Gasteiger partial charge >= 0.3 is 11.9 Å². The van der Waals surface area contributed by atoms with Crippen LogP contribution < -0.4 is 0 Å². The summed E-state index contributed by atoms with van der Waals surface area (Å²) in [6.45, 7) is 4.00. The van der Waals surface area contributed by atoms with Crippen molar-refractivity contribution in [2.24, 2.45) is 0 Å². The third-order valence-corrected chi connectivity index (χ3v) is 12.1. The van der Waals surface area contributed by atoms with Crippen molar-refractivity contribution in [3.8, 4) is 0 Å². The summed E-state index contributed by atoms with van der Waals surface area (Å²) in [5.74, 6) is -0.604. The van der Waals surface area contributed by atoms with E-state index in [1.165, 1.54) is 135 Å². The monoisotopic (exact) mass is 943 g/mol. The van der Waals surface area contributed by atoms with Crippen LogP contribution in [0.4, 0.5) is 0 Å². The molecule has 388 valence electrons. The molecule has 0 aromatic heterocycles. The maximum absolute atomic E-state index is 12.3. The molecule has 0 saturated carbocycles. The summed E-state index contributed by atoms with van der Waals surface area (Å²) in [5, 5.41) is 9.65. The van der Waals surface area contributed by atoms with Gasteiger partial charge in [-0.1, -0.05) is 252 Å². The molecule has 1 atom stereocenters. The SMILES string of the molecule is CC/C=C\C/C=C\C/C=C\C/C=C\C/C=C\C/C=C\CCCCCCCCCCCCCCCCCCC(=O)OC(CO)COC(=O)CCCCCCCC/C=C\C/C=C\C/C=C\CCCCC. The molecule has 5 nitrogen and oxygen atoms in total. The van der Waals surface area contributed by atoms with Gasteiger partial charge in [0.2, 0.25) is 0 Å². The first-order chi connectivity index (χ1) is 33.6. The van der Waals surface area contributed by atoms with Crippen LogP contribution in [0.15, 0.2) is 109 Å². The van der Waals surface area contributed by atoms with Gasteiger partial charge in [-0.05, 0) is 103 Å². The second kappa shape index (κ2) is 57.9. The minimum atomic E-state index is -0.783. The Morgan fingerprint density at radius 1 is 0.353 bits per heavy atom. The molecule has 0 aliphatic rings. The maximum atomic E-state index is 12.3. The molecule has 0 amide bonds. The van der Waals surface area contributed by atoms with Crippen molar-refractivity contribution < 1.29 is 24.2 Å². The Bertz CT molecular complexity index is 1340. The smallest absolute Gasteiger partial charge is 0.306 e. The summed E-state index contributed by atoms with van der Waals surface area (Å²) >= 11 is 0. The molecule has 0 radical (unpaired) electrons. The molecule has 0 rings (SSSR count). The van der Waals surface area contributed by atoms with Gasteiger partial charge in [0.05, 0.1) is 6.61 Å². The van der Waals surface area contributed by atoms with E-state index >= 15 is 0 Å². The largest absolute Gasteiger partial charge is 0.462 e. The lowest BCUT2D eigenvalue weighted by Crippen LogP contribution is -2.28. The summed E-state index contributed by atoms with van der Waals surface area (Å²) < 4.78 is 10.7. The van der Waals surface area contributed by atoms with Gasteiger partial charge in [-0.3, -0.25) is 9.59 Å². The number of hydrogen-bond acceptors (Lipinski definition) is 5. The lowest BCUT2D eigenvalue weighted by atomic mass is 10.0. The van der Waals surface area contributed by atoms with Gasteiger partial charge in [-0.25, -0.2) is 0 Å². The van der Waals surface area contributed by atoms with Crippen molar-refractivity contribution in [2.75, 3.05) is 13.2 Å². The number of carbonyl (C=O) groups excluding carboxylic acids is 2. The third-order valence-electron chi connectivity index (χ3n) is 12.1. The highest BCUT2D eigenvalue weighted by atomic mass is 16.6. The second-order valence-corrected chi connectivity index (χ2v) is 18.6. The highest BCUT2D eigenvalue weighted by Gasteiger charge is 2.16. The van der Waals surface area contributed by atoms with Gasteiger partial charge in [0.15, 0.2) is 6.10 Å². The molecule has 68 heavy (non-hydrogen) atoms.